The number of rotatable bonds is 0. The van der Waals surface area contributed by atoms with Crippen molar-refractivity contribution in [2.75, 3.05) is 0 Å². The van der Waals surface area contributed by atoms with E-state index >= 15 is 0 Å². The molecular formula is C10H16O. The molecule has 1 aliphatic rings. The molecule has 1 heteroatoms. The van der Waals surface area contributed by atoms with Gasteiger partial charge in [0.2, 0.25) is 0 Å². The van der Waals surface area contributed by atoms with Gasteiger partial charge >= 0.3 is 0 Å². The van der Waals surface area contributed by atoms with Gasteiger partial charge in [0.25, 0.3) is 0 Å². The van der Waals surface area contributed by atoms with Gasteiger partial charge in [0.1, 0.15) is 0 Å². The second-order valence-electron chi connectivity index (χ2n) is 4.31. The van der Waals surface area contributed by atoms with Gasteiger partial charge in [0.05, 0.1) is 0 Å². The number of carbonyl (C=O) groups is 1. The Morgan fingerprint density at radius 1 is 1.27 bits per heavy atom. The third-order valence-corrected chi connectivity index (χ3v) is 1.82. The minimum atomic E-state index is 0.162. The van der Waals surface area contributed by atoms with Crippen LogP contribution in [-0.4, -0.2) is 5.78 Å². The summed E-state index contributed by atoms with van der Waals surface area (Å²) < 4.78 is 0. The Balaban J connectivity index is 2.73. The molecular weight excluding hydrogens is 136 g/mol. The summed E-state index contributed by atoms with van der Waals surface area (Å²) in [7, 11) is 0. The second-order valence-corrected chi connectivity index (χ2v) is 4.31. The minimum absolute atomic E-state index is 0.162. The van der Waals surface area contributed by atoms with Crippen molar-refractivity contribution < 1.29 is 4.79 Å². The van der Waals surface area contributed by atoms with Crippen LogP contribution < -0.4 is 0 Å². The van der Waals surface area contributed by atoms with Crippen LogP contribution in [0.1, 0.15) is 40.0 Å². The fourth-order valence-electron chi connectivity index (χ4n) is 1.41. The molecule has 0 bridgehead atoms. The summed E-state index contributed by atoms with van der Waals surface area (Å²) in [5, 5.41) is 0. The van der Waals surface area contributed by atoms with E-state index in [-0.39, 0.29) is 5.41 Å². The summed E-state index contributed by atoms with van der Waals surface area (Å²) in [4.78, 5) is 11.2. The van der Waals surface area contributed by atoms with E-state index in [1.54, 1.807) is 0 Å². The standard InChI is InChI=1S/C10H16O/c1-10(2,3)7-8-5-4-6-9(8)11/h7H,4-6H2,1-3H3/b8-7-. The van der Waals surface area contributed by atoms with E-state index in [9.17, 15) is 4.79 Å². The topological polar surface area (TPSA) is 17.1 Å². The van der Waals surface area contributed by atoms with Crippen LogP contribution in [0.15, 0.2) is 11.6 Å². The van der Waals surface area contributed by atoms with Crippen molar-refractivity contribution in [2.45, 2.75) is 40.0 Å². The summed E-state index contributed by atoms with van der Waals surface area (Å²) >= 11 is 0. The molecule has 0 saturated heterocycles. The van der Waals surface area contributed by atoms with Crippen molar-refractivity contribution in [1.29, 1.82) is 0 Å². The predicted octanol–water partition coefficient (Wildman–Crippen LogP) is 2.71. The highest BCUT2D eigenvalue weighted by molar-refractivity contribution is 5.97. The molecule has 0 N–H and O–H groups in total. The van der Waals surface area contributed by atoms with Crippen LogP contribution in [0.2, 0.25) is 0 Å². The fraction of sp³-hybridized carbons (Fsp3) is 0.700. The molecule has 62 valence electrons. The molecule has 1 rings (SSSR count). The highest BCUT2D eigenvalue weighted by Crippen LogP contribution is 2.26. The SMILES string of the molecule is CC(C)(C)/C=C1/CCCC1=O. The smallest absolute Gasteiger partial charge is 0.158 e. The van der Waals surface area contributed by atoms with Gasteiger partial charge in [-0.2, -0.15) is 0 Å². The number of hydrogen-bond donors (Lipinski definition) is 0. The van der Waals surface area contributed by atoms with Crippen molar-refractivity contribution >= 4 is 5.78 Å². The molecule has 0 aromatic heterocycles. The van der Waals surface area contributed by atoms with E-state index in [2.05, 4.69) is 26.8 Å². The number of ketones is 1. The quantitative estimate of drug-likeness (QED) is 0.488. The Morgan fingerprint density at radius 2 is 1.91 bits per heavy atom. The molecule has 0 aliphatic heterocycles. The zero-order valence-corrected chi connectivity index (χ0v) is 7.61. The van der Waals surface area contributed by atoms with Crippen LogP contribution in [0.5, 0.6) is 0 Å². The Hall–Kier alpha value is -0.590. The van der Waals surface area contributed by atoms with E-state index in [1.807, 2.05) is 0 Å². The van der Waals surface area contributed by atoms with Gasteiger partial charge in [-0.25, -0.2) is 0 Å². The highest BCUT2D eigenvalue weighted by Gasteiger charge is 2.19. The summed E-state index contributed by atoms with van der Waals surface area (Å²) in [6.45, 7) is 6.39. The molecule has 0 radical (unpaired) electrons. The minimum Gasteiger partial charge on any atom is -0.295 e. The average molecular weight is 152 g/mol. The number of hydrogen-bond acceptors (Lipinski definition) is 1. The second kappa shape index (κ2) is 2.80. The normalized spacial score (nSPS) is 23.2. The largest absolute Gasteiger partial charge is 0.295 e. The Morgan fingerprint density at radius 3 is 2.27 bits per heavy atom. The number of Topliss-reactive ketones (excluding diaryl/α,β-unsaturated/α-hetero) is 1. The van der Waals surface area contributed by atoms with E-state index in [0.717, 1.165) is 24.8 Å². The van der Waals surface area contributed by atoms with Gasteiger partial charge in [0, 0.05) is 6.42 Å². The summed E-state index contributed by atoms with van der Waals surface area (Å²) in [6.07, 6.45) is 4.93. The predicted molar refractivity (Wildman–Crippen MR) is 46.4 cm³/mol. The summed E-state index contributed by atoms with van der Waals surface area (Å²) in [5.41, 5.74) is 1.22. The third kappa shape index (κ3) is 2.49. The van der Waals surface area contributed by atoms with Gasteiger partial charge < -0.3 is 0 Å². The van der Waals surface area contributed by atoms with Crippen LogP contribution in [-0.2, 0) is 4.79 Å². The molecule has 11 heavy (non-hydrogen) atoms. The Bertz CT molecular complexity index is 193. The maximum Gasteiger partial charge on any atom is 0.158 e. The van der Waals surface area contributed by atoms with E-state index < -0.39 is 0 Å². The zero-order chi connectivity index (χ0) is 8.48. The van der Waals surface area contributed by atoms with Gasteiger partial charge in [-0.05, 0) is 23.8 Å². The lowest BCUT2D eigenvalue weighted by atomic mass is 9.93. The van der Waals surface area contributed by atoms with Crippen LogP contribution in [0.4, 0.5) is 0 Å². The van der Waals surface area contributed by atoms with Gasteiger partial charge in [-0.15, -0.1) is 0 Å². The van der Waals surface area contributed by atoms with Crippen molar-refractivity contribution in [3.63, 3.8) is 0 Å². The molecule has 0 atom stereocenters. The van der Waals surface area contributed by atoms with Crippen molar-refractivity contribution in [3.8, 4) is 0 Å². The number of carbonyl (C=O) groups excluding carboxylic acids is 1. The maximum absolute atomic E-state index is 11.2. The Labute approximate surface area is 68.5 Å². The summed E-state index contributed by atoms with van der Waals surface area (Å²) in [6, 6.07) is 0. The molecule has 1 nitrogen and oxygen atoms in total. The Kier molecular flexibility index (Phi) is 2.17. The molecule has 0 aromatic rings. The van der Waals surface area contributed by atoms with E-state index in [0.29, 0.717) is 5.78 Å². The van der Waals surface area contributed by atoms with Crippen molar-refractivity contribution in [2.24, 2.45) is 5.41 Å². The van der Waals surface area contributed by atoms with Gasteiger partial charge in [0.15, 0.2) is 5.78 Å². The molecule has 1 saturated carbocycles. The average Bonchev–Trinajstić information content (AvgIpc) is 2.12. The fourth-order valence-corrected chi connectivity index (χ4v) is 1.41. The van der Waals surface area contributed by atoms with Gasteiger partial charge in [-0.3, -0.25) is 4.79 Å². The van der Waals surface area contributed by atoms with Crippen LogP contribution in [0.25, 0.3) is 0 Å². The zero-order valence-electron chi connectivity index (χ0n) is 7.61. The van der Waals surface area contributed by atoms with Gasteiger partial charge in [-0.1, -0.05) is 26.8 Å². The first-order valence-electron chi connectivity index (χ1n) is 4.24. The monoisotopic (exact) mass is 152 g/mol. The molecule has 0 heterocycles. The van der Waals surface area contributed by atoms with Crippen LogP contribution >= 0.6 is 0 Å². The van der Waals surface area contributed by atoms with Crippen molar-refractivity contribution in [1.82, 2.24) is 0 Å². The molecule has 0 amide bonds. The van der Waals surface area contributed by atoms with Crippen LogP contribution in [0, 0.1) is 5.41 Å². The first kappa shape index (κ1) is 8.51. The highest BCUT2D eigenvalue weighted by atomic mass is 16.1. The molecule has 0 unspecified atom stereocenters. The molecule has 0 spiro atoms. The first-order chi connectivity index (χ1) is 4.99. The van der Waals surface area contributed by atoms with E-state index in [1.165, 1.54) is 0 Å². The molecule has 1 fully saturated rings. The maximum atomic E-state index is 11.2. The van der Waals surface area contributed by atoms with E-state index in [4.69, 9.17) is 0 Å². The lowest BCUT2D eigenvalue weighted by Gasteiger charge is -2.12. The van der Waals surface area contributed by atoms with Crippen molar-refractivity contribution in [3.05, 3.63) is 11.6 Å². The van der Waals surface area contributed by atoms with Crippen LogP contribution in [0.3, 0.4) is 0 Å². The first-order valence-corrected chi connectivity index (χ1v) is 4.24. The number of allylic oxidation sites excluding steroid dienone is 2. The molecule has 0 aromatic carbocycles. The summed E-state index contributed by atoms with van der Waals surface area (Å²) in [5.74, 6) is 0.361. The lowest BCUT2D eigenvalue weighted by Crippen LogP contribution is -2.03. The third-order valence-electron chi connectivity index (χ3n) is 1.82. The lowest BCUT2D eigenvalue weighted by molar-refractivity contribution is -0.114. The molecule has 1 aliphatic carbocycles.